The largest absolute Gasteiger partial charge is 0.310 e. The highest BCUT2D eigenvalue weighted by atomic mass is 15.1. The Kier molecular flexibility index (Phi) is 9.81. The monoisotopic (exact) mass is 839 g/mol. The maximum absolute atomic E-state index is 2.47. The molecule has 1 aliphatic rings. The number of hydrogen-bond acceptors (Lipinski definition) is 1. The number of fused-ring (bicyclic) bond motifs is 4. The smallest absolute Gasteiger partial charge is 0.0714 e. The van der Waals surface area contributed by atoms with Crippen LogP contribution in [0.25, 0.3) is 66.4 Å². The van der Waals surface area contributed by atoms with Crippen LogP contribution in [0.1, 0.15) is 22.3 Å². The van der Waals surface area contributed by atoms with E-state index in [1.165, 1.54) is 83.1 Å². The number of nitrogens with zero attached hydrogens (tertiary/aromatic N) is 1. The summed E-state index contributed by atoms with van der Waals surface area (Å²) in [6.45, 7) is 0. The van der Waals surface area contributed by atoms with Gasteiger partial charge in [-0.3, -0.25) is 0 Å². The molecule has 0 N–H and O–H groups in total. The fourth-order valence-corrected chi connectivity index (χ4v) is 10.5. The van der Waals surface area contributed by atoms with Crippen LogP contribution in [-0.2, 0) is 5.41 Å². The molecule has 0 bridgehead atoms. The van der Waals surface area contributed by atoms with Crippen molar-refractivity contribution in [3.8, 4) is 55.6 Å². The summed E-state index contributed by atoms with van der Waals surface area (Å²) in [6, 6.07) is 100.0. The van der Waals surface area contributed by atoms with Crippen molar-refractivity contribution in [3.63, 3.8) is 0 Å². The zero-order valence-electron chi connectivity index (χ0n) is 36.4. The standard InChI is InChI=1S/C65H45N/c1-4-17-46(18-5-1)47-33-35-48(36-34-47)49-41-43-56(44-42-49)66(57-26-14-21-53(45-57)50-37-39-52(40-38-50)59-29-15-20-51-19-10-11-27-58(51)59)63-32-16-31-62-64(63)60-28-12-13-30-61(60)65(62,54-22-6-2-7-23-54)55-24-8-3-9-25-55/h1-45H. The minimum Gasteiger partial charge on any atom is -0.310 e. The van der Waals surface area contributed by atoms with Crippen LogP contribution in [0.5, 0.6) is 0 Å². The van der Waals surface area contributed by atoms with Crippen LogP contribution in [0.15, 0.2) is 273 Å². The van der Waals surface area contributed by atoms with E-state index < -0.39 is 5.41 Å². The van der Waals surface area contributed by atoms with E-state index in [0.717, 1.165) is 22.6 Å². The molecule has 0 saturated heterocycles. The Labute approximate surface area is 387 Å². The van der Waals surface area contributed by atoms with Crippen molar-refractivity contribution in [2.75, 3.05) is 4.90 Å². The highest BCUT2D eigenvalue weighted by Crippen LogP contribution is 2.59. The van der Waals surface area contributed by atoms with Gasteiger partial charge < -0.3 is 4.90 Å². The molecule has 310 valence electrons. The van der Waals surface area contributed by atoms with Gasteiger partial charge in [-0.05, 0) is 113 Å². The van der Waals surface area contributed by atoms with Gasteiger partial charge >= 0.3 is 0 Å². The Bertz CT molecular complexity index is 3440. The summed E-state index contributed by atoms with van der Waals surface area (Å²) in [7, 11) is 0. The van der Waals surface area contributed by atoms with E-state index in [2.05, 4.69) is 278 Å². The lowest BCUT2D eigenvalue weighted by atomic mass is 9.68. The summed E-state index contributed by atoms with van der Waals surface area (Å²) in [5.41, 5.74) is 19.9. The molecule has 0 unspecified atom stereocenters. The summed E-state index contributed by atoms with van der Waals surface area (Å²) >= 11 is 0. The highest BCUT2D eigenvalue weighted by molar-refractivity contribution is 5.99. The first kappa shape index (κ1) is 39.1. The molecule has 0 fully saturated rings. The summed E-state index contributed by atoms with van der Waals surface area (Å²) in [5, 5.41) is 2.52. The van der Waals surface area contributed by atoms with Crippen LogP contribution in [0, 0.1) is 0 Å². The second kappa shape index (κ2) is 16.6. The first-order chi connectivity index (χ1) is 32.7. The van der Waals surface area contributed by atoms with Gasteiger partial charge in [0, 0.05) is 16.9 Å². The third-order valence-corrected chi connectivity index (χ3v) is 13.6. The van der Waals surface area contributed by atoms with Crippen molar-refractivity contribution < 1.29 is 0 Å². The maximum atomic E-state index is 2.47. The van der Waals surface area contributed by atoms with Gasteiger partial charge in [0.2, 0.25) is 0 Å². The van der Waals surface area contributed by atoms with Gasteiger partial charge in [-0.1, -0.05) is 243 Å². The van der Waals surface area contributed by atoms with Gasteiger partial charge in [-0.2, -0.15) is 0 Å². The Hall–Kier alpha value is -8.52. The van der Waals surface area contributed by atoms with Crippen LogP contribution in [0.2, 0.25) is 0 Å². The molecular formula is C65H45N. The highest BCUT2D eigenvalue weighted by Gasteiger charge is 2.47. The lowest BCUT2D eigenvalue weighted by Gasteiger charge is -2.34. The molecule has 1 heteroatoms. The first-order valence-corrected chi connectivity index (χ1v) is 22.8. The predicted molar refractivity (Wildman–Crippen MR) is 278 cm³/mol. The summed E-state index contributed by atoms with van der Waals surface area (Å²) in [4.78, 5) is 2.47. The molecule has 0 atom stereocenters. The van der Waals surface area contributed by atoms with Crippen molar-refractivity contribution in [3.05, 3.63) is 295 Å². The molecule has 0 aromatic heterocycles. The van der Waals surface area contributed by atoms with Crippen LogP contribution >= 0.6 is 0 Å². The van der Waals surface area contributed by atoms with Crippen molar-refractivity contribution in [2.45, 2.75) is 5.41 Å². The average molecular weight is 840 g/mol. The number of benzene rings is 11. The van der Waals surface area contributed by atoms with Crippen LogP contribution in [0.4, 0.5) is 17.1 Å². The van der Waals surface area contributed by atoms with Crippen molar-refractivity contribution in [2.24, 2.45) is 0 Å². The maximum Gasteiger partial charge on any atom is 0.0714 e. The summed E-state index contributed by atoms with van der Waals surface area (Å²) in [6.07, 6.45) is 0. The lowest BCUT2D eigenvalue weighted by molar-refractivity contribution is 0.768. The molecule has 0 saturated carbocycles. The third kappa shape index (κ3) is 6.64. The molecule has 0 aliphatic heterocycles. The van der Waals surface area contributed by atoms with E-state index in [-0.39, 0.29) is 0 Å². The Morgan fingerprint density at radius 3 is 1.41 bits per heavy atom. The van der Waals surface area contributed by atoms with E-state index in [1.807, 2.05) is 0 Å². The van der Waals surface area contributed by atoms with Gasteiger partial charge in [0.25, 0.3) is 0 Å². The summed E-state index contributed by atoms with van der Waals surface area (Å²) in [5.74, 6) is 0. The van der Waals surface area contributed by atoms with Crippen molar-refractivity contribution in [1.29, 1.82) is 0 Å². The van der Waals surface area contributed by atoms with Gasteiger partial charge in [0.15, 0.2) is 0 Å². The summed E-state index contributed by atoms with van der Waals surface area (Å²) < 4.78 is 0. The molecule has 0 heterocycles. The van der Waals surface area contributed by atoms with Gasteiger partial charge in [0.05, 0.1) is 11.1 Å². The van der Waals surface area contributed by atoms with Crippen LogP contribution < -0.4 is 4.90 Å². The fraction of sp³-hybridized carbons (Fsp3) is 0.0154. The number of hydrogen-bond donors (Lipinski definition) is 0. The van der Waals surface area contributed by atoms with Crippen molar-refractivity contribution >= 4 is 27.8 Å². The molecule has 11 aromatic carbocycles. The van der Waals surface area contributed by atoms with Crippen LogP contribution in [0.3, 0.4) is 0 Å². The van der Waals surface area contributed by atoms with Crippen molar-refractivity contribution in [1.82, 2.24) is 0 Å². The van der Waals surface area contributed by atoms with E-state index in [0.29, 0.717) is 0 Å². The molecule has 12 rings (SSSR count). The predicted octanol–water partition coefficient (Wildman–Crippen LogP) is 17.3. The SMILES string of the molecule is c1ccc(-c2ccc(-c3ccc(N(c4cccc(-c5ccc(-c6cccc7ccccc67)cc5)c4)c4cccc5c4-c4ccccc4C5(c4ccccc4)c4ccccc4)cc3)cc2)cc1. The Balaban J connectivity index is 1.02. The fourth-order valence-electron chi connectivity index (χ4n) is 10.5. The quantitative estimate of drug-likeness (QED) is 0.140. The van der Waals surface area contributed by atoms with Gasteiger partial charge in [0.1, 0.15) is 0 Å². The second-order valence-corrected chi connectivity index (χ2v) is 17.2. The van der Waals surface area contributed by atoms with Gasteiger partial charge in [-0.15, -0.1) is 0 Å². The second-order valence-electron chi connectivity index (χ2n) is 17.2. The molecule has 1 aliphatic carbocycles. The van der Waals surface area contributed by atoms with Crippen LogP contribution in [-0.4, -0.2) is 0 Å². The molecule has 1 nitrogen and oxygen atoms in total. The van der Waals surface area contributed by atoms with E-state index in [9.17, 15) is 0 Å². The lowest BCUT2D eigenvalue weighted by Crippen LogP contribution is -2.28. The average Bonchev–Trinajstić information content (AvgIpc) is 3.71. The van der Waals surface area contributed by atoms with E-state index >= 15 is 0 Å². The zero-order chi connectivity index (χ0) is 43.9. The minimum absolute atomic E-state index is 0.514. The minimum atomic E-state index is -0.514. The molecule has 0 radical (unpaired) electrons. The topological polar surface area (TPSA) is 3.24 Å². The number of rotatable bonds is 9. The number of anilines is 3. The van der Waals surface area contributed by atoms with E-state index in [1.54, 1.807) is 0 Å². The third-order valence-electron chi connectivity index (χ3n) is 13.6. The zero-order valence-corrected chi connectivity index (χ0v) is 36.4. The molecular weight excluding hydrogens is 795 g/mol. The Morgan fingerprint density at radius 1 is 0.273 bits per heavy atom. The normalized spacial score (nSPS) is 12.4. The van der Waals surface area contributed by atoms with Gasteiger partial charge in [-0.25, -0.2) is 0 Å². The first-order valence-electron chi connectivity index (χ1n) is 22.8. The molecule has 0 spiro atoms. The molecule has 0 amide bonds. The molecule has 11 aromatic rings. The van der Waals surface area contributed by atoms with E-state index in [4.69, 9.17) is 0 Å². The molecule has 66 heavy (non-hydrogen) atoms. The Morgan fingerprint density at radius 2 is 0.727 bits per heavy atom.